The molecule has 3 N–H and O–H groups in total. The molecule has 0 radical (unpaired) electrons. The number of carbonyl (C=O) groups excluding carboxylic acids is 2. The number of nitrogens with one attached hydrogen (secondary N) is 1. The van der Waals surface area contributed by atoms with Crippen molar-refractivity contribution in [3.63, 3.8) is 0 Å². The number of aryl methyl sites for hydroxylation is 1. The monoisotopic (exact) mass is 322 g/mol. The van der Waals surface area contributed by atoms with Crippen molar-refractivity contribution in [2.24, 2.45) is 5.73 Å². The predicted molar refractivity (Wildman–Crippen MR) is 93.8 cm³/mol. The Morgan fingerprint density at radius 1 is 1.12 bits per heavy atom. The first kappa shape index (κ1) is 16.2. The van der Waals surface area contributed by atoms with Gasteiger partial charge in [-0.2, -0.15) is 0 Å². The maximum Gasteiger partial charge on any atom is 0.248 e. The highest BCUT2D eigenvalue weighted by Gasteiger charge is 2.25. The minimum atomic E-state index is -0.431. The van der Waals surface area contributed by atoms with Crippen molar-refractivity contribution in [1.82, 2.24) is 5.32 Å². The predicted octanol–water partition coefficient (Wildman–Crippen LogP) is 2.56. The highest BCUT2D eigenvalue weighted by Crippen LogP contribution is 2.31. The molecule has 2 aromatic carbocycles. The van der Waals surface area contributed by atoms with Crippen LogP contribution >= 0.6 is 0 Å². The van der Waals surface area contributed by atoms with Gasteiger partial charge < -0.3 is 11.1 Å². The minimum Gasteiger partial charge on any atom is -0.366 e. The Morgan fingerprint density at radius 3 is 2.79 bits per heavy atom. The van der Waals surface area contributed by atoms with E-state index in [4.69, 9.17) is 5.73 Å². The highest BCUT2D eigenvalue weighted by molar-refractivity contribution is 5.92. The molecule has 0 saturated carbocycles. The lowest BCUT2D eigenvalue weighted by atomic mass is 9.82. The number of benzene rings is 2. The van der Waals surface area contributed by atoms with E-state index in [0.717, 1.165) is 30.4 Å². The summed E-state index contributed by atoms with van der Waals surface area (Å²) in [6.07, 6.45) is 3.69. The lowest BCUT2D eigenvalue weighted by Crippen LogP contribution is -2.32. The lowest BCUT2D eigenvalue weighted by Gasteiger charge is -2.24. The van der Waals surface area contributed by atoms with Crippen LogP contribution in [-0.2, 0) is 17.6 Å². The van der Waals surface area contributed by atoms with Crippen LogP contribution in [0, 0.1) is 0 Å². The number of nitrogens with two attached hydrogens (primary N) is 1. The van der Waals surface area contributed by atoms with Crippen LogP contribution in [-0.4, -0.2) is 18.4 Å². The molecule has 124 valence electrons. The van der Waals surface area contributed by atoms with Crippen LogP contribution in [0.15, 0.2) is 48.5 Å². The molecule has 3 rings (SSSR count). The number of fused-ring (bicyclic) bond motifs is 1. The van der Waals surface area contributed by atoms with Crippen LogP contribution < -0.4 is 11.1 Å². The maximum absolute atomic E-state index is 12.5. The van der Waals surface area contributed by atoms with Gasteiger partial charge in [0.15, 0.2) is 0 Å². The summed E-state index contributed by atoms with van der Waals surface area (Å²) in [7, 11) is 0. The van der Waals surface area contributed by atoms with Gasteiger partial charge in [0.2, 0.25) is 11.8 Å². The second-order valence-electron chi connectivity index (χ2n) is 6.25. The first-order valence-electron chi connectivity index (χ1n) is 8.39. The van der Waals surface area contributed by atoms with Gasteiger partial charge in [-0.25, -0.2) is 0 Å². The molecule has 0 fully saturated rings. The molecular weight excluding hydrogens is 300 g/mol. The first-order chi connectivity index (χ1) is 11.6. The van der Waals surface area contributed by atoms with Crippen molar-refractivity contribution >= 4 is 11.8 Å². The van der Waals surface area contributed by atoms with E-state index in [1.807, 2.05) is 24.3 Å². The van der Waals surface area contributed by atoms with E-state index >= 15 is 0 Å². The largest absolute Gasteiger partial charge is 0.366 e. The SMILES string of the molecule is NC(=O)c1cccc(CCNC(=O)C2CCCc3ccccc32)c1. The Kier molecular flexibility index (Phi) is 4.94. The molecule has 1 aliphatic rings. The van der Waals surface area contributed by atoms with E-state index < -0.39 is 5.91 Å². The molecule has 0 bridgehead atoms. The van der Waals surface area contributed by atoms with Gasteiger partial charge in [0, 0.05) is 12.1 Å². The molecule has 4 heteroatoms. The molecule has 2 amide bonds. The summed E-state index contributed by atoms with van der Waals surface area (Å²) in [6.45, 7) is 0.555. The third-order valence-corrected chi connectivity index (χ3v) is 4.61. The molecule has 1 unspecified atom stereocenters. The fraction of sp³-hybridized carbons (Fsp3) is 0.300. The highest BCUT2D eigenvalue weighted by atomic mass is 16.2. The molecule has 2 aromatic rings. The normalized spacial score (nSPS) is 16.2. The summed E-state index contributed by atoms with van der Waals surface area (Å²) in [6, 6.07) is 15.4. The van der Waals surface area contributed by atoms with Gasteiger partial charge in [-0.15, -0.1) is 0 Å². The summed E-state index contributed by atoms with van der Waals surface area (Å²) < 4.78 is 0. The fourth-order valence-corrected chi connectivity index (χ4v) is 3.36. The van der Waals surface area contributed by atoms with Crippen molar-refractivity contribution in [2.45, 2.75) is 31.6 Å². The Labute approximate surface area is 142 Å². The average molecular weight is 322 g/mol. The molecular formula is C20H22N2O2. The van der Waals surface area contributed by atoms with Crippen LogP contribution in [0.4, 0.5) is 0 Å². The Bertz CT molecular complexity index is 755. The van der Waals surface area contributed by atoms with Crippen LogP contribution in [0.3, 0.4) is 0 Å². The molecule has 0 aromatic heterocycles. The van der Waals surface area contributed by atoms with E-state index in [1.54, 1.807) is 12.1 Å². The van der Waals surface area contributed by atoms with Crippen molar-refractivity contribution in [3.8, 4) is 0 Å². The molecule has 1 atom stereocenters. The smallest absolute Gasteiger partial charge is 0.248 e. The van der Waals surface area contributed by atoms with Gasteiger partial charge in [-0.1, -0.05) is 36.4 Å². The quantitative estimate of drug-likeness (QED) is 0.888. The van der Waals surface area contributed by atoms with Crippen LogP contribution in [0.2, 0.25) is 0 Å². The topological polar surface area (TPSA) is 72.2 Å². The fourth-order valence-electron chi connectivity index (χ4n) is 3.36. The average Bonchev–Trinajstić information content (AvgIpc) is 2.61. The van der Waals surface area contributed by atoms with E-state index in [-0.39, 0.29) is 11.8 Å². The van der Waals surface area contributed by atoms with Gasteiger partial charge in [0.05, 0.1) is 5.92 Å². The van der Waals surface area contributed by atoms with Gasteiger partial charge >= 0.3 is 0 Å². The minimum absolute atomic E-state index is 0.0492. The van der Waals surface area contributed by atoms with Crippen LogP contribution in [0.1, 0.15) is 45.8 Å². The number of carbonyl (C=O) groups is 2. The van der Waals surface area contributed by atoms with E-state index in [1.165, 1.54) is 5.56 Å². The zero-order valence-electron chi connectivity index (χ0n) is 13.6. The van der Waals surface area contributed by atoms with Gasteiger partial charge in [0.25, 0.3) is 0 Å². The molecule has 0 saturated heterocycles. The Morgan fingerprint density at radius 2 is 1.96 bits per heavy atom. The zero-order chi connectivity index (χ0) is 16.9. The molecule has 1 aliphatic carbocycles. The standard InChI is InChI=1S/C20H22N2O2/c21-19(23)16-8-3-5-14(13-16)11-12-22-20(24)18-10-4-7-15-6-1-2-9-17(15)18/h1-3,5-6,8-9,13,18H,4,7,10-12H2,(H2,21,23)(H,22,24). The third-order valence-electron chi connectivity index (χ3n) is 4.61. The van der Waals surface area contributed by atoms with Crippen LogP contribution in [0.25, 0.3) is 0 Å². The Balaban J connectivity index is 1.59. The zero-order valence-corrected chi connectivity index (χ0v) is 13.6. The molecule has 0 aliphatic heterocycles. The number of rotatable bonds is 5. The van der Waals surface area contributed by atoms with E-state index in [2.05, 4.69) is 17.4 Å². The van der Waals surface area contributed by atoms with Gasteiger partial charge in [-0.05, 0) is 54.5 Å². The van der Waals surface area contributed by atoms with Crippen LogP contribution in [0.5, 0.6) is 0 Å². The second-order valence-corrected chi connectivity index (χ2v) is 6.25. The summed E-state index contributed by atoms with van der Waals surface area (Å²) in [5, 5.41) is 3.04. The van der Waals surface area contributed by atoms with Gasteiger partial charge in [-0.3, -0.25) is 9.59 Å². The van der Waals surface area contributed by atoms with Crippen molar-refractivity contribution in [1.29, 1.82) is 0 Å². The number of amides is 2. The molecule has 0 spiro atoms. The first-order valence-corrected chi connectivity index (χ1v) is 8.39. The molecule has 24 heavy (non-hydrogen) atoms. The summed E-state index contributed by atoms with van der Waals surface area (Å²) in [5.41, 5.74) is 9.24. The number of hydrogen-bond donors (Lipinski definition) is 2. The second kappa shape index (κ2) is 7.30. The maximum atomic E-state index is 12.5. The van der Waals surface area contributed by atoms with E-state index in [0.29, 0.717) is 18.5 Å². The Hall–Kier alpha value is -2.62. The van der Waals surface area contributed by atoms with Crippen molar-refractivity contribution in [3.05, 3.63) is 70.8 Å². The third kappa shape index (κ3) is 3.65. The number of hydrogen-bond acceptors (Lipinski definition) is 2. The van der Waals surface area contributed by atoms with Crippen molar-refractivity contribution < 1.29 is 9.59 Å². The lowest BCUT2D eigenvalue weighted by molar-refractivity contribution is -0.122. The summed E-state index contributed by atoms with van der Waals surface area (Å²) in [4.78, 5) is 23.8. The summed E-state index contributed by atoms with van der Waals surface area (Å²) in [5.74, 6) is -0.389. The molecule has 4 nitrogen and oxygen atoms in total. The van der Waals surface area contributed by atoms with Crippen molar-refractivity contribution in [2.75, 3.05) is 6.54 Å². The van der Waals surface area contributed by atoms with Gasteiger partial charge in [0.1, 0.15) is 0 Å². The summed E-state index contributed by atoms with van der Waals surface area (Å²) >= 11 is 0. The molecule has 0 heterocycles. The van der Waals surface area contributed by atoms with E-state index in [9.17, 15) is 9.59 Å². The number of primary amides is 1.